The summed E-state index contributed by atoms with van der Waals surface area (Å²) in [5, 5.41) is 15.5. The van der Waals surface area contributed by atoms with Crippen molar-refractivity contribution in [2.45, 2.75) is 26.3 Å². The molecule has 1 aliphatic rings. The monoisotopic (exact) mass is 345 g/mol. The minimum absolute atomic E-state index is 0.0454. The van der Waals surface area contributed by atoms with Crippen molar-refractivity contribution in [2.24, 2.45) is 11.7 Å². The number of carbonyl (C=O) groups is 3. The van der Waals surface area contributed by atoms with Crippen LogP contribution in [0.5, 0.6) is 0 Å². The number of aryl methyl sites for hydroxylation is 1. The maximum atomic E-state index is 12.6. The lowest BCUT2D eigenvalue weighted by Gasteiger charge is -2.20. The van der Waals surface area contributed by atoms with Crippen molar-refractivity contribution in [1.29, 1.82) is 0 Å². The van der Waals surface area contributed by atoms with Crippen LogP contribution in [-0.2, 0) is 17.8 Å². The van der Waals surface area contributed by atoms with Crippen LogP contribution < -0.4 is 16.4 Å². The van der Waals surface area contributed by atoms with Gasteiger partial charge in [-0.25, -0.2) is 0 Å². The molecular formula is C15H19N7O3. The van der Waals surface area contributed by atoms with Gasteiger partial charge in [0.15, 0.2) is 0 Å². The Bertz CT molecular complexity index is 823. The minimum Gasteiger partial charge on any atom is -0.368 e. The summed E-state index contributed by atoms with van der Waals surface area (Å²) < 4.78 is 1.84. The van der Waals surface area contributed by atoms with E-state index in [1.54, 1.807) is 0 Å². The normalized spacial score (nSPS) is 16.1. The Hall–Kier alpha value is -3.17. The van der Waals surface area contributed by atoms with E-state index in [0.717, 1.165) is 25.1 Å². The highest BCUT2D eigenvalue weighted by Gasteiger charge is 2.24. The number of nitrogens with zero attached hydrogens (tertiary/aromatic N) is 3. The van der Waals surface area contributed by atoms with Crippen molar-refractivity contribution in [3.63, 3.8) is 0 Å². The fourth-order valence-electron chi connectivity index (χ4n) is 2.78. The summed E-state index contributed by atoms with van der Waals surface area (Å²) in [6, 6.07) is 0. The first-order chi connectivity index (χ1) is 12.0. The quantitative estimate of drug-likeness (QED) is 0.585. The maximum absolute atomic E-state index is 12.6. The number of nitrogens with two attached hydrogens (primary N) is 1. The minimum atomic E-state index is -0.668. The molecule has 1 unspecified atom stereocenters. The van der Waals surface area contributed by atoms with Gasteiger partial charge in [-0.15, -0.1) is 0 Å². The van der Waals surface area contributed by atoms with Gasteiger partial charge >= 0.3 is 0 Å². The lowest BCUT2D eigenvalue weighted by atomic mass is 9.96. The van der Waals surface area contributed by atoms with Crippen molar-refractivity contribution in [1.82, 2.24) is 25.3 Å². The average Bonchev–Trinajstić information content (AvgIpc) is 3.18. The number of H-pyrrole nitrogens is 1. The first-order valence-corrected chi connectivity index (χ1v) is 7.91. The molecule has 0 radical (unpaired) electrons. The van der Waals surface area contributed by atoms with Crippen LogP contribution in [0.25, 0.3) is 0 Å². The zero-order chi connectivity index (χ0) is 18.0. The molecule has 0 spiro atoms. The Kier molecular flexibility index (Phi) is 4.50. The van der Waals surface area contributed by atoms with E-state index in [1.165, 1.54) is 12.4 Å². The van der Waals surface area contributed by atoms with Crippen molar-refractivity contribution in [3.05, 3.63) is 29.3 Å². The lowest BCUT2D eigenvalue weighted by molar-refractivity contribution is -0.117. The molecule has 3 heterocycles. The number of fused-ring (bicyclic) bond motifs is 1. The molecular weight excluding hydrogens is 326 g/mol. The fourth-order valence-corrected chi connectivity index (χ4v) is 2.78. The second-order valence-corrected chi connectivity index (χ2v) is 6.09. The highest BCUT2D eigenvalue weighted by Crippen LogP contribution is 2.23. The van der Waals surface area contributed by atoms with Crippen LogP contribution in [0.3, 0.4) is 0 Å². The average molecular weight is 345 g/mol. The molecule has 3 rings (SSSR count). The second kappa shape index (κ2) is 6.75. The molecule has 0 bridgehead atoms. The number of anilines is 1. The first kappa shape index (κ1) is 16.7. The van der Waals surface area contributed by atoms with Crippen LogP contribution in [0, 0.1) is 5.92 Å². The van der Waals surface area contributed by atoms with E-state index in [-0.39, 0.29) is 23.8 Å². The van der Waals surface area contributed by atoms with E-state index < -0.39 is 11.8 Å². The van der Waals surface area contributed by atoms with E-state index >= 15 is 0 Å². The van der Waals surface area contributed by atoms with Gasteiger partial charge in [-0.2, -0.15) is 10.2 Å². The molecule has 2 aromatic heterocycles. The zero-order valence-electron chi connectivity index (χ0n) is 13.7. The van der Waals surface area contributed by atoms with E-state index in [2.05, 4.69) is 32.9 Å². The number of carbonyl (C=O) groups excluding carboxylic acids is 3. The number of rotatable bonds is 5. The van der Waals surface area contributed by atoms with Gasteiger partial charge < -0.3 is 16.4 Å². The number of nitrogens with one attached hydrogen (secondary N) is 3. The van der Waals surface area contributed by atoms with Crippen LogP contribution in [0.15, 0.2) is 12.4 Å². The van der Waals surface area contributed by atoms with Crippen LogP contribution in [0.4, 0.5) is 5.69 Å². The highest BCUT2D eigenvalue weighted by atomic mass is 16.2. The van der Waals surface area contributed by atoms with Gasteiger partial charge in [-0.1, -0.05) is 6.92 Å². The molecule has 3 amide bonds. The maximum Gasteiger partial charge on any atom is 0.271 e. The number of primary amides is 1. The SMILES string of the molecule is CC1CCn2ncc(C(=O)Nc3cn[nH]c3C(=O)NCC(N)=O)c2C1. The molecule has 132 valence electrons. The van der Waals surface area contributed by atoms with Crippen LogP contribution in [-0.4, -0.2) is 44.2 Å². The topological polar surface area (TPSA) is 148 Å². The lowest BCUT2D eigenvalue weighted by Crippen LogP contribution is -2.34. The Labute approximate surface area is 143 Å². The second-order valence-electron chi connectivity index (χ2n) is 6.09. The molecule has 0 aromatic carbocycles. The largest absolute Gasteiger partial charge is 0.368 e. The zero-order valence-corrected chi connectivity index (χ0v) is 13.7. The number of hydrogen-bond donors (Lipinski definition) is 4. The highest BCUT2D eigenvalue weighted by molar-refractivity contribution is 6.08. The molecule has 2 aromatic rings. The fraction of sp³-hybridized carbons (Fsp3) is 0.400. The van der Waals surface area contributed by atoms with Crippen LogP contribution >= 0.6 is 0 Å². The summed E-state index contributed by atoms with van der Waals surface area (Å²) >= 11 is 0. The van der Waals surface area contributed by atoms with E-state index in [0.29, 0.717) is 11.5 Å². The van der Waals surface area contributed by atoms with Gasteiger partial charge in [0.25, 0.3) is 11.8 Å². The summed E-state index contributed by atoms with van der Waals surface area (Å²) in [6.45, 7) is 2.62. The van der Waals surface area contributed by atoms with Crippen molar-refractivity contribution in [2.75, 3.05) is 11.9 Å². The molecule has 0 aliphatic carbocycles. The number of aromatic amines is 1. The van der Waals surface area contributed by atoms with Crippen LogP contribution in [0.1, 0.15) is 39.9 Å². The van der Waals surface area contributed by atoms with E-state index in [9.17, 15) is 14.4 Å². The predicted octanol–water partition coefficient (Wildman–Crippen LogP) is -0.344. The first-order valence-electron chi connectivity index (χ1n) is 7.91. The summed E-state index contributed by atoms with van der Waals surface area (Å²) in [5.41, 5.74) is 6.63. The van der Waals surface area contributed by atoms with Crippen molar-refractivity contribution >= 4 is 23.4 Å². The van der Waals surface area contributed by atoms with Gasteiger partial charge in [-0.05, 0) is 18.8 Å². The Morgan fingerprint density at radius 3 is 2.92 bits per heavy atom. The van der Waals surface area contributed by atoms with Crippen molar-refractivity contribution in [3.8, 4) is 0 Å². The summed E-state index contributed by atoms with van der Waals surface area (Å²) in [5.74, 6) is -1.13. The molecule has 0 fully saturated rings. The Morgan fingerprint density at radius 1 is 1.36 bits per heavy atom. The third-order valence-electron chi connectivity index (χ3n) is 4.11. The molecule has 10 heteroatoms. The molecule has 1 atom stereocenters. The van der Waals surface area contributed by atoms with E-state index in [4.69, 9.17) is 5.73 Å². The van der Waals surface area contributed by atoms with Gasteiger partial charge in [0.2, 0.25) is 5.91 Å². The summed E-state index contributed by atoms with van der Waals surface area (Å²) in [7, 11) is 0. The Balaban J connectivity index is 1.75. The van der Waals surface area contributed by atoms with Gasteiger partial charge in [0.1, 0.15) is 5.69 Å². The van der Waals surface area contributed by atoms with Gasteiger partial charge in [-0.3, -0.25) is 24.2 Å². The number of amides is 3. The standard InChI is InChI=1S/C15H19N7O3/c1-8-2-3-22-11(4-8)9(5-19-22)14(24)20-10-6-18-21-13(10)15(25)17-7-12(16)23/h5-6,8H,2-4,7H2,1H3,(H2,16,23)(H,17,25)(H,18,21)(H,20,24). The smallest absolute Gasteiger partial charge is 0.271 e. The van der Waals surface area contributed by atoms with Crippen LogP contribution in [0.2, 0.25) is 0 Å². The van der Waals surface area contributed by atoms with E-state index in [1.807, 2.05) is 4.68 Å². The number of hydrogen-bond acceptors (Lipinski definition) is 5. The predicted molar refractivity (Wildman–Crippen MR) is 87.8 cm³/mol. The molecule has 5 N–H and O–H groups in total. The third kappa shape index (κ3) is 3.52. The molecule has 0 saturated heterocycles. The summed E-state index contributed by atoms with van der Waals surface area (Å²) in [4.78, 5) is 35.4. The Morgan fingerprint density at radius 2 is 2.16 bits per heavy atom. The van der Waals surface area contributed by atoms with Gasteiger partial charge in [0.05, 0.1) is 35.9 Å². The van der Waals surface area contributed by atoms with Crippen molar-refractivity contribution < 1.29 is 14.4 Å². The third-order valence-corrected chi connectivity index (χ3v) is 4.11. The number of aromatic nitrogens is 4. The summed E-state index contributed by atoms with van der Waals surface area (Å²) in [6.07, 6.45) is 4.67. The van der Waals surface area contributed by atoms with Gasteiger partial charge in [0, 0.05) is 6.54 Å². The molecule has 25 heavy (non-hydrogen) atoms. The molecule has 1 aliphatic heterocycles. The molecule has 10 nitrogen and oxygen atoms in total. The molecule has 0 saturated carbocycles.